The number of amides is 1. The van der Waals surface area contributed by atoms with Crippen LogP contribution in [-0.4, -0.2) is 28.8 Å². The van der Waals surface area contributed by atoms with Crippen LogP contribution in [0.25, 0.3) is 0 Å². The Hall–Kier alpha value is -2.14. The first kappa shape index (κ1) is 15.7. The highest BCUT2D eigenvalue weighted by Gasteiger charge is 2.24. The molecule has 122 valence electrons. The van der Waals surface area contributed by atoms with Crippen molar-refractivity contribution in [2.75, 3.05) is 13.2 Å². The van der Waals surface area contributed by atoms with Crippen molar-refractivity contribution in [2.24, 2.45) is 0 Å². The van der Waals surface area contributed by atoms with E-state index in [1.807, 2.05) is 29.8 Å². The van der Waals surface area contributed by atoms with Crippen molar-refractivity contribution >= 4 is 5.91 Å². The van der Waals surface area contributed by atoms with Crippen LogP contribution < -0.4 is 5.32 Å². The summed E-state index contributed by atoms with van der Waals surface area (Å²) in [6.07, 6.45) is 2.71. The Morgan fingerprint density at radius 3 is 2.96 bits per heavy atom. The van der Waals surface area contributed by atoms with E-state index in [0.717, 1.165) is 37.1 Å². The lowest BCUT2D eigenvalue weighted by molar-refractivity contribution is 0.0924. The summed E-state index contributed by atoms with van der Waals surface area (Å²) < 4.78 is 7.42. The van der Waals surface area contributed by atoms with Crippen molar-refractivity contribution in [3.8, 4) is 0 Å². The van der Waals surface area contributed by atoms with E-state index in [-0.39, 0.29) is 5.91 Å². The summed E-state index contributed by atoms with van der Waals surface area (Å²) in [7, 11) is 0. The number of nitrogens with zero attached hydrogens (tertiary/aromatic N) is 2. The minimum atomic E-state index is -0.0907. The van der Waals surface area contributed by atoms with E-state index >= 15 is 0 Å². The summed E-state index contributed by atoms with van der Waals surface area (Å²) in [5.74, 6) is -0.0907. The largest absolute Gasteiger partial charge is 0.376 e. The Kier molecular flexibility index (Phi) is 5.08. The summed E-state index contributed by atoms with van der Waals surface area (Å²) in [5, 5.41) is 7.46. The number of carbonyl (C=O) groups excluding carboxylic acids is 1. The van der Waals surface area contributed by atoms with Gasteiger partial charge in [-0.1, -0.05) is 30.3 Å². The van der Waals surface area contributed by atoms with Crippen LogP contribution >= 0.6 is 0 Å². The van der Waals surface area contributed by atoms with E-state index in [2.05, 4.69) is 22.5 Å². The van der Waals surface area contributed by atoms with Gasteiger partial charge in [-0.2, -0.15) is 5.10 Å². The zero-order valence-corrected chi connectivity index (χ0v) is 13.5. The molecule has 2 aromatic rings. The number of ether oxygens (including phenoxy) is 1. The predicted molar refractivity (Wildman–Crippen MR) is 88.4 cm³/mol. The van der Waals surface area contributed by atoms with Crippen LogP contribution in [0.15, 0.2) is 30.3 Å². The average Bonchev–Trinajstić information content (AvgIpc) is 2.98. The number of carbonyl (C=O) groups is 1. The van der Waals surface area contributed by atoms with E-state index in [1.54, 1.807) is 0 Å². The Morgan fingerprint density at radius 2 is 2.17 bits per heavy atom. The van der Waals surface area contributed by atoms with Crippen molar-refractivity contribution < 1.29 is 9.53 Å². The number of hydrogen-bond acceptors (Lipinski definition) is 3. The molecule has 0 bridgehead atoms. The van der Waals surface area contributed by atoms with Crippen LogP contribution in [-0.2, 0) is 30.7 Å². The monoisotopic (exact) mass is 313 g/mol. The first-order valence-electron chi connectivity index (χ1n) is 8.28. The third-order valence-electron chi connectivity index (χ3n) is 4.18. The standard InChI is InChI=1S/C18H23N3O2/c1-2-21-16-10-12-23-13-15(16)17(20-21)18(22)19-11-6-9-14-7-4-3-5-8-14/h3-5,7-8H,2,6,9-13H2,1H3,(H,19,22). The van der Waals surface area contributed by atoms with E-state index in [9.17, 15) is 4.79 Å². The zero-order chi connectivity index (χ0) is 16.1. The van der Waals surface area contributed by atoms with Crippen LogP contribution in [0.4, 0.5) is 0 Å². The zero-order valence-electron chi connectivity index (χ0n) is 13.5. The molecule has 5 heteroatoms. The molecule has 5 nitrogen and oxygen atoms in total. The molecular formula is C18H23N3O2. The number of aryl methyl sites for hydroxylation is 2. The minimum Gasteiger partial charge on any atom is -0.376 e. The van der Waals surface area contributed by atoms with E-state index < -0.39 is 0 Å². The summed E-state index contributed by atoms with van der Waals surface area (Å²) in [6.45, 7) is 4.68. The van der Waals surface area contributed by atoms with Gasteiger partial charge in [-0.05, 0) is 25.3 Å². The molecule has 0 spiro atoms. The van der Waals surface area contributed by atoms with Crippen LogP contribution in [0, 0.1) is 0 Å². The van der Waals surface area contributed by atoms with Crippen molar-refractivity contribution in [1.82, 2.24) is 15.1 Å². The smallest absolute Gasteiger partial charge is 0.272 e. The van der Waals surface area contributed by atoms with Crippen molar-refractivity contribution in [1.29, 1.82) is 0 Å². The molecule has 3 rings (SSSR count). The van der Waals surface area contributed by atoms with Gasteiger partial charge in [0.2, 0.25) is 0 Å². The number of hydrogen-bond donors (Lipinski definition) is 1. The van der Waals surface area contributed by atoms with Crippen LogP contribution in [0.3, 0.4) is 0 Å². The van der Waals surface area contributed by atoms with Gasteiger partial charge in [0.1, 0.15) is 0 Å². The molecule has 1 aliphatic heterocycles. The molecule has 1 N–H and O–H groups in total. The van der Waals surface area contributed by atoms with Gasteiger partial charge in [0.05, 0.1) is 13.2 Å². The molecular weight excluding hydrogens is 290 g/mol. The van der Waals surface area contributed by atoms with Gasteiger partial charge in [-0.25, -0.2) is 0 Å². The Labute approximate surface area is 136 Å². The SMILES string of the molecule is CCn1nc(C(=O)NCCCc2ccccc2)c2c1CCOC2. The van der Waals surface area contributed by atoms with Gasteiger partial charge < -0.3 is 10.1 Å². The third kappa shape index (κ3) is 3.62. The summed E-state index contributed by atoms with van der Waals surface area (Å²) in [4.78, 5) is 12.4. The number of rotatable bonds is 6. The number of benzene rings is 1. The van der Waals surface area contributed by atoms with Gasteiger partial charge in [0.15, 0.2) is 5.69 Å². The number of aromatic nitrogens is 2. The van der Waals surface area contributed by atoms with Gasteiger partial charge >= 0.3 is 0 Å². The molecule has 0 saturated heterocycles. The molecule has 23 heavy (non-hydrogen) atoms. The quantitative estimate of drug-likeness (QED) is 0.833. The molecule has 1 aromatic carbocycles. The highest BCUT2D eigenvalue weighted by molar-refractivity contribution is 5.94. The lowest BCUT2D eigenvalue weighted by Gasteiger charge is -2.14. The number of fused-ring (bicyclic) bond motifs is 1. The summed E-state index contributed by atoms with van der Waals surface area (Å²) in [6, 6.07) is 10.3. The van der Waals surface area contributed by atoms with Crippen LogP contribution in [0.1, 0.15) is 40.7 Å². The van der Waals surface area contributed by atoms with Crippen LogP contribution in [0.2, 0.25) is 0 Å². The van der Waals surface area contributed by atoms with Crippen LogP contribution in [0.5, 0.6) is 0 Å². The fourth-order valence-corrected chi connectivity index (χ4v) is 2.98. The fraction of sp³-hybridized carbons (Fsp3) is 0.444. The molecule has 0 radical (unpaired) electrons. The topological polar surface area (TPSA) is 56.2 Å². The van der Waals surface area contributed by atoms with Crippen molar-refractivity contribution in [3.05, 3.63) is 52.8 Å². The minimum absolute atomic E-state index is 0.0907. The summed E-state index contributed by atoms with van der Waals surface area (Å²) in [5.41, 5.74) is 3.93. The molecule has 1 aliphatic rings. The molecule has 0 atom stereocenters. The maximum absolute atomic E-state index is 12.4. The molecule has 0 fully saturated rings. The maximum atomic E-state index is 12.4. The first-order chi connectivity index (χ1) is 11.3. The van der Waals surface area contributed by atoms with E-state index in [4.69, 9.17) is 4.74 Å². The molecule has 0 unspecified atom stereocenters. The molecule has 2 heterocycles. The van der Waals surface area contributed by atoms with Gasteiger partial charge in [-0.3, -0.25) is 9.48 Å². The van der Waals surface area contributed by atoms with Crippen molar-refractivity contribution in [3.63, 3.8) is 0 Å². The van der Waals surface area contributed by atoms with Crippen molar-refractivity contribution in [2.45, 2.75) is 39.3 Å². The Bertz CT molecular complexity index is 664. The molecule has 0 aliphatic carbocycles. The summed E-state index contributed by atoms with van der Waals surface area (Å²) >= 11 is 0. The molecule has 1 amide bonds. The van der Waals surface area contributed by atoms with E-state index in [0.29, 0.717) is 25.5 Å². The Balaban J connectivity index is 1.57. The second-order valence-electron chi connectivity index (χ2n) is 5.74. The second kappa shape index (κ2) is 7.42. The third-order valence-corrected chi connectivity index (χ3v) is 4.18. The Morgan fingerprint density at radius 1 is 1.35 bits per heavy atom. The maximum Gasteiger partial charge on any atom is 0.272 e. The second-order valence-corrected chi connectivity index (χ2v) is 5.74. The fourth-order valence-electron chi connectivity index (χ4n) is 2.98. The lowest BCUT2D eigenvalue weighted by atomic mass is 10.1. The predicted octanol–water partition coefficient (Wildman–Crippen LogP) is 2.34. The molecule has 1 aromatic heterocycles. The van der Waals surface area contributed by atoms with Gasteiger partial charge in [-0.15, -0.1) is 0 Å². The first-order valence-corrected chi connectivity index (χ1v) is 8.28. The highest BCUT2D eigenvalue weighted by Crippen LogP contribution is 2.20. The average molecular weight is 313 g/mol. The lowest BCUT2D eigenvalue weighted by Crippen LogP contribution is -2.26. The molecule has 0 saturated carbocycles. The normalized spacial score (nSPS) is 13.6. The van der Waals surface area contributed by atoms with E-state index in [1.165, 1.54) is 5.56 Å². The van der Waals surface area contributed by atoms with Gasteiger partial charge in [0, 0.05) is 30.8 Å². The highest BCUT2D eigenvalue weighted by atomic mass is 16.5. The van der Waals surface area contributed by atoms with Gasteiger partial charge in [0.25, 0.3) is 5.91 Å². The number of nitrogens with one attached hydrogen (secondary N) is 1.